The molecule has 0 bridgehead atoms. The molecule has 1 aromatic carbocycles. The van der Waals surface area contributed by atoms with Crippen molar-refractivity contribution in [2.24, 2.45) is 0 Å². The summed E-state index contributed by atoms with van der Waals surface area (Å²) in [5.74, 6) is -0.132. The van der Waals surface area contributed by atoms with Gasteiger partial charge < -0.3 is 19.2 Å². The minimum atomic E-state index is -1.17. The highest BCUT2D eigenvalue weighted by atomic mass is 19.1. The summed E-state index contributed by atoms with van der Waals surface area (Å²) in [5.41, 5.74) is 1.10. The van der Waals surface area contributed by atoms with E-state index in [2.05, 4.69) is 5.32 Å². The number of hydrogen-bond donors (Lipinski definition) is 1. The van der Waals surface area contributed by atoms with Crippen LogP contribution in [0.2, 0.25) is 0 Å². The number of nitrogens with zero attached hydrogens (tertiary/aromatic N) is 2. The Morgan fingerprint density at radius 1 is 1.22 bits per heavy atom. The van der Waals surface area contributed by atoms with E-state index in [1.807, 2.05) is 17.6 Å². The second kappa shape index (κ2) is 7.80. The van der Waals surface area contributed by atoms with Crippen molar-refractivity contribution in [3.05, 3.63) is 59.2 Å². The van der Waals surface area contributed by atoms with Crippen molar-refractivity contribution in [1.29, 1.82) is 0 Å². The first-order valence-electron chi connectivity index (χ1n) is 11.3. The molecule has 0 saturated heterocycles. The highest BCUT2D eigenvalue weighted by molar-refractivity contribution is 6.03. The third-order valence-corrected chi connectivity index (χ3v) is 6.95. The molecule has 2 amide bonds. The number of rotatable bonds is 4. The molecule has 168 valence electrons. The van der Waals surface area contributed by atoms with Gasteiger partial charge in [-0.15, -0.1) is 0 Å². The van der Waals surface area contributed by atoms with Crippen LogP contribution in [0.3, 0.4) is 0 Å². The maximum Gasteiger partial charge on any atom is 0.271 e. The number of aryl methyl sites for hydroxylation is 1. The van der Waals surface area contributed by atoms with Crippen LogP contribution < -0.4 is 5.32 Å². The predicted molar refractivity (Wildman–Crippen MR) is 119 cm³/mol. The van der Waals surface area contributed by atoms with Gasteiger partial charge in [-0.2, -0.15) is 0 Å². The van der Waals surface area contributed by atoms with E-state index in [0.29, 0.717) is 16.8 Å². The molecule has 3 heterocycles. The van der Waals surface area contributed by atoms with Crippen molar-refractivity contribution >= 4 is 22.9 Å². The van der Waals surface area contributed by atoms with Gasteiger partial charge in [0.25, 0.3) is 5.91 Å². The number of hydrogen-bond acceptors (Lipinski definition) is 3. The average Bonchev–Trinajstić information content (AvgIpc) is 3.30. The van der Waals surface area contributed by atoms with E-state index < -0.39 is 5.54 Å². The second-order valence-electron chi connectivity index (χ2n) is 9.29. The maximum atomic E-state index is 14.5. The summed E-state index contributed by atoms with van der Waals surface area (Å²) < 4.78 is 22.1. The minimum absolute atomic E-state index is 0.0195. The zero-order chi connectivity index (χ0) is 22.5. The fourth-order valence-corrected chi connectivity index (χ4v) is 5.09. The number of benzene rings is 1. The molecule has 2 aliphatic rings. The summed E-state index contributed by atoms with van der Waals surface area (Å²) in [5, 5.41) is 3.19. The molecule has 32 heavy (non-hydrogen) atoms. The molecule has 5 rings (SSSR count). The molecule has 1 aliphatic carbocycles. The summed E-state index contributed by atoms with van der Waals surface area (Å²) in [7, 11) is 0. The molecule has 1 aliphatic heterocycles. The normalized spacial score (nSPS) is 21.7. The third-order valence-electron chi connectivity index (χ3n) is 6.95. The number of fused-ring (bicyclic) bond motifs is 3. The summed E-state index contributed by atoms with van der Waals surface area (Å²) in [4.78, 5) is 28.8. The van der Waals surface area contributed by atoms with Crippen LogP contribution in [-0.4, -0.2) is 32.9 Å². The average molecular weight is 438 g/mol. The van der Waals surface area contributed by atoms with Gasteiger partial charge in [-0.25, -0.2) is 4.39 Å². The lowest BCUT2D eigenvalue weighted by Crippen LogP contribution is -2.64. The van der Waals surface area contributed by atoms with Gasteiger partial charge in [-0.05, 0) is 32.8 Å². The molecular formula is C25H28FN3O3. The van der Waals surface area contributed by atoms with Gasteiger partial charge in [0, 0.05) is 23.7 Å². The Hall–Kier alpha value is -3.09. The van der Waals surface area contributed by atoms with Gasteiger partial charge in [0.05, 0.1) is 18.6 Å². The number of halogens is 1. The quantitative estimate of drug-likeness (QED) is 0.651. The molecule has 7 heteroatoms. The first kappa shape index (κ1) is 20.8. The van der Waals surface area contributed by atoms with Crippen LogP contribution in [-0.2, 0) is 17.9 Å². The van der Waals surface area contributed by atoms with Crippen LogP contribution in [0, 0.1) is 12.7 Å². The van der Waals surface area contributed by atoms with E-state index in [9.17, 15) is 14.0 Å². The fourth-order valence-electron chi connectivity index (χ4n) is 5.09. The zero-order valence-electron chi connectivity index (χ0n) is 18.5. The first-order valence-corrected chi connectivity index (χ1v) is 11.3. The van der Waals surface area contributed by atoms with Crippen molar-refractivity contribution in [1.82, 2.24) is 14.8 Å². The number of carbonyl (C=O) groups is 2. The molecule has 6 nitrogen and oxygen atoms in total. The fraction of sp³-hybridized carbons (Fsp3) is 0.440. The highest BCUT2D eigenvalue weighted by Gasteiger charge is 2.48. The van der Waals surface area contributed by atoms with Crippen molar-refractivity contribution in [3.63, 3.8) is 0 Å². The van der Waals surface area contributed by atoms with Gasteiger partial charge in [-0.1, -0.05) is 37.5 Å². The minimum Gasteiger partial charge on any atom is -0.460 e. The zero-order valence-corrected chi connectivity index (χ0v) is 18.5. The Labute approximate surface area is 186 Å². The lowest BCUT2D eigenvalue weighted by molar-refractivity contribution is -0.134. The topological polar surface area (TPSA) is 67.5 Å². The number of furan rings is 1. The Morgan fingerprint density at radius 3 is 2.72 bits per heavy atom. The number of aromatic nitrogens is 1. The Bertz CT molecular complexity index is 1190. The third kappa shape index (κ3) is 3.40. The molecule has 1 atom stereocenters. The Morgan fingerprint density at radius 2 is 1.97 bits per heavy atom. The van der Waals surface area contributed by atoms with Crippen molar-refractivity contribution < 1.29 is 18.4 Å². The number of carbonyl (C=O) groups excluding carboxylic acids is 2. The summed E-state index contributed by atoms with van der Waals surface area (Å²) in [6, 6.07) is 10.1. The van der Waals surface area contributed by atoms with E-state index >= 15 is 0 Å². The largest absolute Gasteiger partial charge is 0.460 e. The lowest BCUT2D eigenvalue weighted by Gasteiger charge is -2.44. The molecule has 1 saturated carbocycles. The molecule has 3 aromatic rings. The van der Waals surface area contributed by atoms with E-state index in [4.69, 9.17) is 4.42 Å². The molecule has 1 fully saturated rings. The molecule has 1 N–H and O–H groups in total. The molecule has 0 unspecified atom stereocenters. The second-order valence-corrected chi connectivity index (χ2v) is 9.29. The molecule has 0 spiro atoms. The van der Waals surface area contributed by atoms with Gasteiger partial charge >= 0.3 is 0 Å². The first-order chi connectivity index (χ1) is 15.4. The van der Waals surface area contributed by atoms with Crippen LogP contribution in [0.1, 0.15) is 60.8 Å². The van der Waals surface area contributed by atoms with Crippen LogP contribution in [0.4, 0.5) is 4.39 Å². The predicted octanol–water partition coefficient (Wildman–Crippen LogP) is 4.55. The maximum absolute atomic E-state index is 14.5. The molecule has 0 radical (unpaired) electrons. The van der Waals surface area contributed by atoms with Crippen LogP contribution in [0.15, 0.2) is 40.8 Å². The van der Waals surface area contributed by atoms with Gasteiger partial charge in [0.2, 0.25) is 5.91 Å². The summed E-state index contributed by atoms with van der Waals surface area (Å²) in [6.45, 7) is 3.94. The van der Waals surface area contributed by atoms with E-state index in [1.54, 1.807) is 31.2 Å². The van der Waals surface area contributed by atoms with E-state index in [1.165, 1.54) is 17.4 Å². The lowest BCUT2D eigenvalue weighted by atomic mass is 9.91. The van der Waals surface area contributed by atoms with Crippen LogP contribution >= 0.6 is 0 Å². The van der Waals surface area contributed by atoms with Crippen LogP contribution in [0.25, 0.3) is 11.1 Å². The summed E-state index contributed by atoms with van der Waals surface area (Å²) in [6.07, 6.45) is 5.27. The monoisotopic (exact) mass is 437 g/mol. The van der Waals surface area contributed by atoms with Crippen molar-refractivity contribution in [3.8, 4) is 0 Å². The molecule has 2 aromatic heterocycles. The van der Waals surface area contributed by atoms with Crippen LogP contribution in [0.5, 0.6) is 0 Å². The molecular weight excluding hydrogens is 409 g/mol. The van der Waals surface area contributed by atoms with Gasteiger partial charge in [0.15, 0.2) is 5.58 Å². The smallest absolute Gasteiger partial charge is 0.271 e. The van der Waals surface area contributed by atoms with Crippen molar-refractivity contribution in [2.75, 3.05) is 0 Å². The Kier molecular flexibility index (Phi) is 5.07. The van der Waals surface area contributed by atoms with Gasteiger partial charge in [-0.3, -0.25) is 9.59 Å². The van der Waals surface area contributed by atoms with E-state index in [0.717, 1.165) is 37.0 Å². The number of amides is 2. The Balaban J connectivity index is 1.55. The van der Waals surface area contributed by atoms with E-state index in [-0.39, 0.29) is 36.8 Å². The van der Waals surface area contributed by atoms with Gasteiger partial charge in [0.1, 0.15) is 22.8 Å². The summed E-state index contributed by atoms with van der Waals surface area (Å²) >= 11 is 0. The standard InChI is InChI=1S/C25H28FN3O3/c1-16-12-20-22(32-16)13-21-23(30)29(14-17-8-6-7-11-19(17)26)25(2,15-28(20)21)24(31)27-18-9-4-3-5-10-18/h6-8,11-13,18H,3-5,9-10,14-15H2,1-2H3,(H,27,31)/t25-/m1/s1. The van der Waals surface area contributed by atoms with Crippen molar-refractivity contribution in [2.45, 2.75) is 70.6 Å². The SMILES string of the molecule is Cc1cc2c(cc3n2C[C@](C)(C(=O)NC2CCCCC2)N(Cc2ccccc2F)C3=O)o1. The number of nitrogens with one attached hydrogen (secondary N) is 1. The highest BCUT2D eigenvalue weighted by Crippen LogP contribution is 2.35.